The number of fused-ring (bicyclic) bond motifs is 3. The topological polar surface area (TPSA) is 69.7 Å². The van der Waals surface area contributed by atoms with Crippen molar-refractivity contribution in [3.05, 3.63) is 137 Å². The number of nitrogens with one attached hydrogen (secondary N) is 1. The minimum atomic E-state index is -5.10. The van der Waals surface area contributed by atoms with Gasteiger partial charge in [0.15, 0.2) is 0 Å². The van der Waals surface area contributed by atoms with Gasteiger partial charge in [-0.3, -0.25) is 19.7 Å². The average molecular weight is 664 g/mol. The molecule has 7 rings (SSSR count). The first kappa shape index (κ1) is 31.6. The van der Waals surface area contributed by atoms with Gasteiger partial charge in [0.05, 0.1) is 17.5 Å². The summed E-state index contributed by atoms with van der Waals surface area (Å²) in [6.07, 6.45) is -9.87. The zero-order valence-electron chi connectivity index (χ0n) is 25.1. The maximum Gasteiger partial charge on any atom is 0.416 e. The van der Waals surface area contributed by atoms with Crippen LogP contribution in [0.3, 0.4) is 0 Å². The number of ketones is 1. The molecule has 0 unspecified atom stereocenters. The molecule has 3 aliphatic rings. The molecule has 2 fully saturated rings. The van der Waals surface area contributed by atoms with Gasteiger partial charge in [-0.2, -0.15) is 26.3 Å². The molecule has 4 aromatic carbocycles. The molecule has 6 nitrogen and oxygen atoms in total. The number of likely N-dealkylation sites (tertiary alicyclic amines) is 1. The third-order valence-corrected chi connectivity index (χ3v) is 9.75. The van der Waals surface area contributed by atoms with Gasteiger partial charge < -0.3 is 9.80 Å². The first-order chi connectivity index (χ1) is 22.8. The molecule has 2 saturated heterocycles. The Bertz CT molecular complexity index is 1900. The Labute approximate surface area is 271 Å². The first-order valence-corrected chi connectivity index (χ1v) is 15.1. The van der Waals surface area contributed by atoms with Crippen molar-refractivity contribution in [3.63, 3.8) is 0 Å². The van der Waals surface area contributed by atoms with Crippen molar-refractivity contribution in [2.45, 2.75) is 42.9 Å². The summed E-state index contributed by atoms with van der Waals surface area (Å²) in [6, 6.07) is 24.0. The number of benzene rings is 4. The maximum atomic E-state index is 15.3. The van der Waals surface area contributed by atoms with E-state index in [-0.39, 0.29) is 29.9 Å². The summed E-state index contributed by atoms with van der Waals surface area (Å²) in [4.78, 5) is 46.0. The lowest BCUT2D eigenvalue weighted by molar-refractivity contribution is -0.159. The van der Waals surface area contributed by atoms with E-state index in [1.165, 1.54) is 17.0 Å². The molecule has 0 saturated carbocycles. The number of amides is 2. The number of carbonyl (C=O) groups is 3. The molecule has 0 aliphatic carbocycles. The lowest BCUT2D eigenvalue weighted by Gasteiger charge is -2.40. The molecule has 12 heteroatoms. The van der Waals surface area contributed by atoms with Crippen LogP contribution in [-0.4, -0.2) is 41.3 Å². The molecule has 0 aromatic heterocycles. The predicted molar refractivity (Wildman–Crippen MR) is 162 cm³/mol. The highest BCUT2D eigenvalue weighted by Crippen LogP contribution is 2.65. The van der Waals surface area contributed by atoms with E-state index in [1.54, 1.807) is 72.8 Å². The van der Waals surface area contributed by atoms with Gasteiger partial charge in [0.25, 0.3) is 11.8 Å². The van der Waals surface area contributed by atoms with Crippen molar-refractivity contribution in [1.82, 2.24) is 10.2 Å². The summed E-state index contributed by atoms with van der Waals surface area (Å²) in [5.41, 5.74) is -4.56. The van der Waals surface area contributed by atoms with Crippen molar-refractivity contribution in [1.29, 1.82) is 0 Å². The number of anilines is 1. The Hall–Kier alpha value is -4.97. The smallest absolute Gasteiger partial charge is 0.331 e. The van der Waals surface area contributed by atoms with Crippen LogP contribution in [0.25, 0.3) is 0 Å². The average Bonchev–Trinajstić information content (AvgIpc) is 3.60. The van der Waals surface area contributed by atoms with Crippen molar-refractivity contribution in [2.24, 2.45) is 5.41 Å². The molecule has 0 bridgehead atoms. The van der Waals surface area contributed by atoms with Gasteiger partial charge in [-0.05, 0) is 34.9 Å². The molecule has 4 aromatic rings. The second-order valence-corrected chi connectivity index (χ2v) is 12.4. The number of rotatable bonds is 5. The van der Waals surface area contributed by atoms with Gasteiger partial charge >= 0.3 is 12.4 Å². The molecule has 0 radical (unpaired) electrons. The van der Waals surface area contributed by atoms with Crippen molar-refractivity contribution < 1.29 is 40.7 Å². The number of halogens is 6. The zero-order chi connectivity index (χ0) is 34.1. The molecule has 3 heterocycles. The quantitative estimate of drug-likeness (QED) is 0.199. The van der Waals surface area contributed by atoms with Crippen LogP contribution in [0, 0.1) is 5.41 Å². The Morgan fingerprint density at radius 3 is 1.85 bits per heavy atom. The van der Waals surface area contributed by atoms with E-state index in [0.29, 0.717) is 23.3 Å². The summed E-state index contributed by atoms with van der Waals surface area (Å²) < 4.78 is 86.5. The number of hydrogen-bond donors (Lipinski definition) is 1. The predicted octanol–water partition coefficient (Wildman–Crippen LogP) is 6.36. The fourth-order valence-corrected chi connectivity index (χ4v) is 7.78. The number of para-hydroxylation sites is 1. The minimum absolute atomic E-state index is 0.0479. The van der Waals surface area contributed by atoms with Gasteiger partial charge in [0, 0.05) is 30.3 Å². The molecular formula is C36H27F6N3O3. The SMILES string of the molecule is O=C1C(=O)[C@@]2(CN1Cc1ccccc1)[C@H](c1ccc(C(F)(F)F)cc1)[C@@H](C(F)(F)F)N[C@]21C(=O)N(Cc2ccccc2)c2ccccc21. The Morgan fingerprint density at radius 1 is 0.708 bits per heavy atom. The standard InChI is InChI=1S/C36H27F6N3O3/c37-35(38,39)25-17-15-24(16-18-25)28-29(36(40,41)42)43-34(33(28)21-44(31(47)30(33)46)19-22-9-3-1-4-10-22)26-13-7-8-14-27(26)45(32(34)48)20-23-11-5-2-6-12-23/h1-18,28-29,43H,19-21H2/t28-,29+,33-,34-/m1/s1. The third kappa shape index (κ3) is 4.64. The number of Topliss-reactive ketones (excluding diaryl/α,β-unsaturated/α-hetero) is 1. The zero-order valence-corrected chi connectivity index (χ0v) is 25.1. The van der Waals surface area contributed by atoms with Crippen LogP contribution in [0.2, 0.25) is 0 Å². The maximum absolute atomic E-state index is 15.3. The lowest BCUT2D eigenvalue weighted by Crippen LogP contribution is -2.60. The second-order valence-electron chi connectivity index (χ2n) is 12.4. The van der Waals surface area contributed by atoms with E-state index in [9.17, 15) is 27.6 Å². The van der Waals surface area contributed by atoms with E-state index < -0.39 is 65.0 Å². The summed E-state index contributed by atoms with van der Waals surface area (Å²) in [5, 5.41) is 2.55. The monoisotopic (exact) mass is 663 g/mol. The van der Waals surface area contributed by atoms with Crippen LogP contribution in [0.15, 0.2) is 109 Å². The lowest BCUT2D eigenvalue weighted by atomic mass is 9.59. The summed E-state index contributed by atoms with van der Waals surface area (Å²) in [5.74, 6) is -5.11. The van der Waals surface area contributed by atoms with E-state index in [1.807, 2.05) is 0 Å². The Balaban J connectivity index is 1.47. The fourth-order valence-electron chi connectivity index (χ4n) is 7.78. The van der Waals surface area contributed by atoms with E-state index in [2.05, 4.69) is 5.32 Å². The van der Waals surface area contributed by atoms with Gasteiger partial charge in [0.2, 0.25) is 5.78 Å². The number of carbonyl (C=O) groups excluding carboxylic acids is 3. The Kier molecular flexibility index (Phi) is 7.28. The van der Waals surface area contributed by atoms with Crippen LogP contribution >= 0.6 is 0 Å². The van der Waals surface area contributed by atoms with Crippen LogP contribution in [-0.2, 0) is 39.2 Å². The summed E-state index contributed by atoms with van der Waals surface area (Å²) in [6.45, 7) is -0.777. The van der Waals surface area contributed by atoms with Crippen LogP contribution < -0.4 is 10.2 Å². The van der Waals surface area contributed by atoms with Crippen LogP contribution in [0.5, 0.6) is 0 Å². The minimum Gasteiger partial charge on any atom is -0.331 e. The third-order valence-electron chi connectivity index (χ3n) is 9.75. The van der Waals surface area contributed by atoms with Crippen LogP contribution in [0.1, 0.15) is 33.7 Å². The fraction of sp³-hybridized carbons (Fsp3) is 0.250. The van der Waals surface area contributed by atoms with Crippen molar-refractivity contribution in [2.75, 3.05) is 11.4 Å². The van der Waals surface area contributed by atoms with Gasteiger partial charge in [-0.1, -0.05) is 91.0 Å². The van der Waals surface area contributed by atoms with Gasteiger partial charge in [0.1, 0.15) is 11.6 Å². The van der Waals surface area contributed by atoms with Crippen molar-refractivity contribution in [3.8, 4) is 0 Å². The highest BCUT2D eigenvalue weighted by molar-refractivity contribution is 6.42. The summed E-state index contributed by atoms with van der Waals surface area (Å²) >= 11 is 0. The number of nitrogens with zero attached hydrogens (tertiary/aromatic N) is 2. The molecule has 3 aliphatic heterocycles. The number of hydrogen-bond acceptors (Lipinski definition) is 4. The second kappa shape index (κ2) is 11.0. The van der Waals surface area contributed by atoms with Crippen LogP contribution in [0.4, 0.5) is 32.0 Å². The molecule has 48 heavy (non-hydrogen) atoms. The normalized spacial score (nSPS) is 25.5. The molecule has 2 spiro atoms. The highest BCUT2D eigenvalue weighted by Gasteiger charge is 2.81. The molecule has 246 valence electrons. The van der Waals surface area contributed by atoms with E-state index in [4.69, 9.17) is 0 Å². The largest absolute Gasteiger partial charge is 0.416 e. The van der Waals surface area contributed by atoms with Crippen molar-refractivity contribution >= 4 is 23.3 Å². The highest BCUT2D eigenvalue weighted by atomic mass is 19.4. The molecule has 1 N–H and O–H groups in total. The first-order valence-electron chi connectivity index (χ1n) is 15.1. The van der Waals surface area contributed by atoms with Gasteiger partial charge in [-0.15, -0.1) is 0 Å². The number of alkyl halides is 6. The molecule has 4 atom stereocenters. The van der Waals surface area contributed by atoms with Gasteiger partial charge in [-0.25, -0.2) is 0 Å². The summed E-state index contributed by atoms with van der Waals surface area (Å²) in [7, 11) is 0. The van der Waals surface area contributed by atoms with E-state index >= 15 is 13.2 Å². The Morgan fingerprint density at radius 2 is 1.27 bits per heavy atom. The molecular weight excluding hydrogens is 636 g/mol. The molecule has 2 amide bonds. The van der Waals surface area contributed by atoms with E-state index in [0.717, 1.165) is 17.0 Å².